The summed E-state index contributed by atoms with van der Waals surface area (Å²) in [5.41, 5.74) is 3.64. The van der Waals surface area contributed by atoms with E-state index < -0.39 is 10.0 Å². The van der Waals surface area contributed by atoms with Crippen molar-refractivity contribution in [1.82, 2.24) is 19.7 Å². The predicted molar refractivity (Wildman–Crippen MR) is 75.8 cm³/mol. The zero-order valence-corrected chi connectivity index (χ0v) is 11.4. The number of nitrogen functional groups attached to an aromatic ring is 1. The van der Waals surface area contributed by atoms with Gasteiger partial charge in [-0.3, -0.25) is 0 Å². The van der Waals surface area contributed by atoms with Crippen molar-refractivity contribution in [2.75, 3.05) is 5.43 Å². The summed E-state index contributed by atoms with van der Waals surface area (Å²) in [5, 5.41) is 9.91. The van der Waals surface area contributed by atoms with Gasteiger partial charge in [0.05, 0.1) is 22.2 Å². The minimum atomic E-state index is -3.72. The molecule has 1 aromatic carbocycles. The standard InChI is InChI=1S/C11H11N7O2S/c12-17-10-9-5-16-18(11(9)15-6-14-10)7-1-3-8(4-2-7)21(13,19)20/h1-6H,12H2,(H2,13,19,20)(H,14,15,17). The highest BCUT2D eigenvalue weighted by molar-refractivity contribution is 7.89. The zero-order chi connectivity index (χ0) is 15.0. The predicted octanol–water partition coefficient (Wildman–Crippen LogP) is -0.252. The maximum Gasteiger partial charge on any atom is 0.238 e. The van der Waals surface area contributed by atoms with E-state index in [4.69, 9.17) is 11.0 Å². The average Bonchev–Trinajstić information content (AvgIpc) is 2.90. The van der Waals surface area contributed by atoms with Crippen molar-refractivity contribution in [3.63, 3.8) is 0 Å². The number of aromatic nitrogens is 4. The molecule has 108 valence electrons. The van der Waals surface area contributed by atoms with Crippen molar-refractivity contribution in [1.29, 1.82) is 0 Å². The molecule has 0 saturated heterocycles. The van der Waals surface area contributed by atoms with Gasteiger partial charge in [0.25, 0.3) is 0 Å². The van der Waals surface area contributed by atoms with Gasteiger partial charge in [0, 0.05) is 0 Å². The van der Waals surface area contributed by atoms with E-state index in [1.165, 1.54) is 18.5 Å². The van der Waals surface area contributed by atoms with Crippen LogP contribution in [0.1, 0.15) is 0 Å². The molecular weight excluding hydrogens is 294 g/mol. The molecule has 5 N–H and O–H groups in total. The number of anilines is 1. The van der Waals surface area contributed by atoms with Crippen molar-refractivity contribution in [3.8, 4) is 5.69 Å². The fourth-order valence-electron chi connectivity index (χ4n) is 1.93. The Morgan fingerprint density at radius 3 is 2.48 bits per heavy atom. The minimum absolute atomic E-state index is 0.0293. The fourth-order valence-corrected chi connectivity index (χ4v) is 2.44. The second-order valence-electron chi connectivity index (χ2n) is 4.20. The molecule has 0 amide bonds. The molecule has 0 unspecified atom stereocenters. The SMILES string of the molecule is NNc1ncnc2c1cnn2-c1ccc(S(N)(=O)=O)cc1. The lowest BCUT2D eigenvalue weighted by Crippen LogP contribution is -2.12. The number of rotatable bonds is 3. The van der Waals surface area contributed by atoms with Crippen LogP contribution in [-0.2, 0) is 10.0 Å². The van der Waals surface area contributed by atoms with Gasteiger partial charge >= 0.3 is 0 Å². The van der Waals surface area contributed by atoms with Crippen molar-refractivity contribution in [2.24, 2.45) is 11.0 Å². The number of hydrogen-bond donors (Lipinski definition) is 3. The van der Waals surface area contributed by atoms with Crippen LogP contribution in [0.5, 0.6) is 0 Å². The van der Waals surface area contributed by atoms with E-state index in [1.54, 1.807) is 23.0 Å². The summed E-state index contributed by atoms with van der Waals surface area (Å²) in [5.74, 6) is 5.82. The Bertz CT molecular complexity index is 902. The number of hydrazine groups is 1. The van der Waals surface area contributed by atoms with Crippen LogP contribution in [0.15, 0.2) is 41.7 Å². The summed E-state index contributed by atoms with van der Waals surface area (Å²) in [6, 6.07) is 5.98. The third-order valence-electron chi connectivity index (χ3n) is 2.91. The number of nitrogens with two attached hydrogens (primary N) is 2. The van der Waals surface area contributed by atoms with Crippen molar-refractivity contribution < 1.29 is 8.42 Å². The Morgan fingerprint density at radius 1 is 1.14 bits per heavy atom. The molecule has 0 atom stereocenters. The monoisotopic (exact) mass is 305 g/mol. The summed E-state index contributed by atoms with van der Waals surface area (Å²) in [7, 11) is -3.72. The number of benzene rings is 1. The molecule has 0 fully saturated rings. The van der Waals surface area contributed by atoms with Gasteiger partial charge in [-0.25, -0.2) is 34.0 Å². The molecule has 10 heteroatoms. The van der Waals surface area contributed by atoms with Gasteiger partial charge in [0.2, 0.25) is 10.0 Å². The summed E-state index contributed by atoms with van der Waals surface area (Å²) in [6.07, 6.45) is 2.92. The molecule has 0 radical (unpaired) electrons. The van der Waals surface area contributed by atoms with Gasteiger partial charge in [-0.05, 0) is 24.3 Å². The highest BCUT2D eigenvalue weighted by atomic mass is 32.2. The number of fused-ring (bicyclic) bond motifs is 1. The normalized spacial score (nSPS) is 11.7. The molecule has 3 rings (SSSR count). The van der Waals surface area contributed by atoms with Gasteiger partial charge < -0.3 is 5.43 Å². The lowest BCUT2D eigenvalue weighted by molar-refractivity contribution is 0.598. The molecule has 0 aliphatic rings. The Kier molecular flexibility index (Phi) is 3.05. The maximum atomic E-state index is 11.2. The zero-order valence-electron chi connectivity index (χ0n) is 10.6. The first kappa shape index (κ1) is 13.4. The number of nitrogens with zero attached hydrogens (tertiary/aromatic N) is 4. The molecule has 2 heterocycles. The van der Waals surface area contributed by atoms with E-state index in [2.05, 4.69) is 20.5 Å². The highest BCUT2D eigenvalue weighted by Gasteiger charge is 2.12. The fraction of sp³-hybridized carbons (Fsp3) is 0. The summed E-state index contributed by atoms with van der Waals surface area (Å²) >= 11 is 0. The minimum Gasteiger partial charge on any atom is -0.308 e. The van der Waals surface area contributed by atoms with Crippen LogP contribution in [0.4, 0.5) is 5.82 Å². The largest absolute Gasteiger partial charge is 0.308 e. The van der Waals surface area contributed by atoms with E-state index in [-0.39, 0.29) is 4.90 Å². The third kappa shape index (κ3) is 2.31. The van der Waals surface area contributed by atoms with Crippen LogP contribution < -0.4 is 16.4 Å². The Hall–Kier alpha value is -2.56. The van der Waals surface area contributed by atoms with Crippen molar-refractivity contribution >= 4 is 26.9 Å². The third-order valence-corrected chi connectivity index (χ3v) is 3.84. The van der Waals surface area contributed by atoms with E-state index in [1.807, 2.05) is 0 Å². The van der Waals surface area contributed by atoms with Crippen LogP contribution in [0.3, 0.4) is 0 Å². The van der Waals surface area contributed by atoms with Crippen LogP contribution >= 0.6 is 0 Å². The first-order chi connectivity index (χ1) is 10.0. The highest BCUT2D eigenvalue weighted by Crippen LogP contribution is 2.21. The molecule has 3 aromatic rings. The number of hydrogen-bond acceptors (Lipinski definition) is 7. The van der Waals surface area contributed by atoms with E-state index in [0.717, 1.165) is 0 Å². The molecule has 9 nitrogen and oxygen atoms in total. The van der Waals surface area contributed by atoms with Gasteiger partial charge in [-0.1, -0.05) is 0 Å². The summed E-state index contributed by atoms with van der Waals surface area (Å²) in [4.78, 5) is 8.16. The molecule has 0 aliphatic heterocycles. The first-order valence-electron chi connectivity index (χ1n) is 5.79. The second kappa shape index (κ2) is 4.77. The summed E-state index contributed by atoms with van der Waals surface area (Å²) in [6.45, 7) is 0. The first-order valence-corrected chi connectivity index (χ1v) is 7.34. The van der Waals surface area contributed by atoms with Crippen LogP contribution in [0.25, 0.3) is 16.7 Å². The summed E-state index contributed by atoms with van der Waals surface area (Å²) < 4.78 is 24.0. The van der Waals surface area contributed by atoms with E-state index >= 15 is 0 Å². The number of nitrogens with one attached hydrogen (secondary N) is 1. The number of primary sulfonamides is 1. The molecule has 21 heavy (non-hydrogen) atoms. The topological polar surface area (TPSA) is 142 Å². The molecular formula is C11H11N7O2S. The molecule has 2 aromatic heterocycles. The van der Waals surface area contributed by atoms with Gasteiger partial charge in [0.15, 0.2) is 11.5 Å². The molecule has 0 saturated carbocycles. The van der Waals surface area contributed by atoms with E-state index in [0.29, 0.717) is 22.5 Å². The Morgan fingerprint density at radius 2 is 1.86 bits per heavy atom. The molecule has 0 aliphatic carbocycles. The molecule has 0 bridgehead atoms. The molecule has 0 spiro atoms. The lowest BCUT2D eigenvalue weighted by Gasteiger charge is -2.05. The smallest absolute Gasteiger partial charge is 0.238 e. The van der Waals surface area contributed by atoms with Crippen LogP contribution in [-0.4, -0.2) is 28.2 Å². The van der Waals surface area contributed by atoms with Crippen LogP contribution in [0.2, 0.25) is 0 Å². The van der Waals surface area contributed by atoms with Crippen molar-refractivity contribution in [3.05, 3.63) is 36.8 Å². The van der Waals surface area contributed by atoms with Crippen molar-refractivity contribution in [2.45, 2.75) is 4.90 Å². The van der Waals surface area contributed by atoms with Gasteiger partial charge in [-0.2, -0.15) is 5.10 Å². The quantitative estimate of drug-likeness (QED) is 0.447. The Balaban J connectivity index is 2.13. The van der Waals surface area contributed by atoms with E-state index in [9.17, 15) is 8.42 Å². The Labute approximate surface area is 119 Å². The van der Waals surface area contributed by atoms with Gasteiger partial charge in [0.1, 0.15) is 6.33 Å². The maximum absolute atomic E-state index is 11.2. The average molecular weight is 305 g/mol. The number of sulfonamides is 1. The van der Waals surface area contributed by atoms with Gasteiger partial charge in [-0.15, -0.1) is 0 Å². The second-order valence-corrected chi connectivity index (χ2v) is 5.76. The lowest BCUT2D eigenvalue weighted by atomic mass is 10.3. The van der Waals surface area contributed by atoms with Crippen LogP contribution in [0, 0.1) is 0 Å².